The highest BCUT2D eigenvalue weighted by Crippen LogP contribution is 2.47. The fourth-order valence-electron chi connectivity index (χ4n) is 6.23. The van der Waals surface area contributed by atoms with E-state index in [-0.39, 0.29) is 4.90 Å². The van der Waals surface area contributed by atoms with Crippen molar-refractivity contribution < 1.29 is 55.1 Å². The van der Waals surface area contributed by atoms with Crippen LogP contribution in [0.25, 0.3) is 88.0 Å². The summed E-state index contributed by atoms with van der Waals surface area (Å²) >= 11 is 0. The summed E-state index contributed by atoms with van der Waals surface area (Å²) in [6.45, 7) is 0. The molecule has 1 aromatic heterocycles. The number of para-hydroxylation sites is 1. The highest BCUT2D eigenvalue weighted by molar-refractivity contribution is 6.17. The number of rotatable bonds is 7. The first kappa shape index (κ1) is 12.9. The molecular formula is C56H37NO. The molecule has 0 amide bonds. The number of nitrogens with zero attached hydrogens (tertiary/aromatic N) is 1. The number of hydrogen-bond acceptors (Lipinski definition) is 2. The molecule has 0 aliphatic rings. The summed E-state index contributed by atoms with van der Waals surface area (Å²) in [6, 6.07) is -41.2. The van der Waals surface area contributed by atoms with Crippen LogP contribution in [-0.2, 0) is 0 Å². The number of anilines is 3. The molecular weight excluding hydrogens is 703 g/mol. The second kappa shape index (κ2) is 14.1. The summed E-state index contributed by atoms with van der Waals surface area (Å²) < 4.78 is 343. The van der Waals surface area contributed by atoms with E-state index in [2.05, 4.69) is 0 Å². The van der Waals surface area contributed by atoms with Gasteiger partial charge in [0.25, 0.3) is 0 Å². The molecule has 11 rings (SSSR count). The molecule has 0 saturated heterocycles. The Hall–Kier alpha value is -7.68. The third-order valence-corrected chi connectivity index (χ3v) is 8.75. The van der Waals surface area contributed by atoms with Gasteiger partial charge >= 0.3 is 0 Å². The molecule has 11 aromatic rings. The topological polar surface area (TPSA) is 16.4 Å². The summed E-state index contributed by atoms with van der Waals surface area (Å²) in [7, 11) is 0. The van der Waals surface area contributed by atoms with Crippen LogP contribution >= 0.6 is 0 Å². The van der Waals surface area contributed by atoms with E-state index in [1.54, 1.807) is 0 Å². The fourth-order valence-corrected chi connectivity index (χ4v) is 6.23. The van der Waals surface area contributed by atoms with Crippen molar-refractivity contribution >= 4 is 60.5 Å². The van der Waals surface area contributed by atoms with Gasteiger partial charge < -0.3 is 9.32 Å². The average molecular weight is 777 g/mol. The number of benzene rings is 10. The summed E-state index contributed by atoms with van der Waals surface area (Å²) in [5.74, 6) is 0. The van der Waals surface area contributed by atoms with Gasteiger partial charge in [-0.25, -0.2) is 0 Å². The standard InChI is InChI=1S/C56H37NO/c1-3-14-38(15-4-1)42-19-13-20-43(36-42)39-26-30-45(31-27-39)57(53-35-34-48(40-16-5-2-6-17-40)56-55(53)51-24-11-12-25-54(51)58-56)46-32-28-41(29-33-46)52-37-44-18-7-8-21-47(44)49-22-9-10-23-50(49)52/h1-37H/i1D,2D,3D,4D,5D,6D,7D,8D,9D,10D,11D,12D,13D,14D,15D,16D,17D,18D,19D,20D,21D,22D,23D,24D,25D,26D,27D,28D,29D,30D,31D,32D,33D,34D,35D,36D,37D. The van der Waals surface area contributed by atoms with E-state index in [9.17, 15) is 19.2 Å². The van der Waals surface area contributed by atoms with Gasteiger partial charge in [0.1, 0.15) is 11.2 Å². The molecule has 0 aliphatic carbocycles. The Morgan fingerprint density at radius 3 is 1.57 bits per heavy atom. The first-order valence-corrected chi connectivity index (χ1v) is 16.8. The lowest BCUT2D eigenvalue weighted by Gasteiger charge is -2.27. The van der Waals surface area contributed by atoms with Crippen LogP contribution < -0.4 is 4.90 Å². The minimum atomic E-state index is -1.44. The maximum atomic E-state index is 10.0. The van der Waals surface area contributed by atoms with E-state index >= 15 is 0 Å². The number of fused-ring (bicyclic) bond motifs is 6. The highest BCUT2D eigenvalue weighted by Gasteiger charge is 2.22. The Morgan fingerprint density at radius 2 is 0.862 bits per heavy atom. The predicted molar refractivity (Wildman–Crippen MR) is 245 cm³/mol. The molecule has 2 heteroatoms. The Balaban J connectivity index is 1.38. The van der Waals surface area contributed by atoms with Crippen molar-refractivity contribution in [2.75, 3.05) is 4.90 Å². The van der Waals surface area contributed by atoms with Gasteiger partial charge in [-0.1, -0.05) is 169 Å². The highest BCUT2D eigenvalue weighted by atomic mass is 16.3. The molecule has 0 N–H and O–H groups in total. The van der Waals surface area contributed by atoms with Gasteiger partial charge in [-0.05, 0) is 115 Å². The number of furan rings is 1. The third-order valence-electron chi connectivity index (χ3n) is 8.75. The zero-order valence-electron chi connectivity index (χ0n) is 65.9. The Kier molecular flexibility index (Phi) is 3.15. The monoisotopic (exact) mass is 777 g/mol. The summed E-state index contributed by atoms with van der Waals surface area (Å²) in [6.07, 6.45) is 0. The summed E-state index contributed by atoms with van der Waals surface area (Å²) in [5.41, 5.74) is -13.3. The largest absolute Gasteiger partial charge is 0.455 e. The van der Waals surface area contributed by atoms with Crippen LogP contribution in [0.3, 0.4) is 0 Å². The van der Waals surface area contributed by atoms with Crippen molar-refractivity contribution in [2.24, 2.45) is 0 Å². The molecule has 0 unspecified atom stereocenters. The molecule has 0 spiro atoms. The molecule has 1 heterocycles. The van der Waals surface area contributed by atoms with E-state index in [4.69, 9.17) is 35.9 Å². The lowest BCUT2D eigenvalue weighted by molar-refractivity contribution is 0.670. The maximum Gasteiger partial charge on any atom is 0.145 e. The van der Waals surface area contributed by atoms with Crippen LogP contribution in [0.2, 0.25) is 0 Å². The van der Waals surface area contributed by atoms with Gasteiger partial charge in [0.05, 0.1) is 61.8 Å². The second-order valence-corrected chi connectivity index (χ2v) is 12.0. The van der Waals surface area contributed by atoms with Gasteiger partial charge in [0.15, 0.2) is 0 Å². The lowest BCUT2D eigenvalue weighted by atomic mass is 9.93. The second-order valence-electron chi connectivity index (χ2n) is 12.0. The van der Waals surface area contributed by atoms with Crippen LogP contribution in [0.1, 0.15) is 50.7 Å². The maximum absolute atomic E-state index is 10.0. The van der Waals surface area contributed by atoms with E-state index < -0.39 is 329 Å². The Labute approximate surface area is 389 Å². The van der Waals surface area contributed by atoms with Crippen LogP contribution in [0, 0.1) is 0 Å². The molecule has 272 valence electrons. The third kappa shape index (κ3) is 5.82. The predicted octanol–water partition coefficient (Wildman–Crippen LogP) is 16.0. The molecule has 0 radical (unpaired) electrons. The molecule has 2 nitrogen and oxygen atoms in total. The molecule has 0 bridgehead atoms. The SMILES string of the molecule is [2H]c1c([2H])c([2H])c(-c2c([2H])c([2H])c([2H])c(-c3c([2H])c([2H])c(N(c4c([2H])c([2H])c(-c5c([2H])c6c([2H])c([2H])c([2H])c([2H])c6c6c([2H])c([2H])c([2H])c([2H])c56)c([2H])c4[2H])c4c([2H])c([2H])c(-c5c([2H])c([2H])c([2H])c([2H])c5[2H])c5oc6c([2H])c([2H])c([2H])c([2H])c6c45)c([2H])c3[2H])c2[2H])c([2H])c1[2H]. The van der Waals surface area contributed by atoms with Crippen molar-refractivity contribution in [1.29, 1.82) is 0 Å². The zero-order chi connectivity index (χ0) is 70.6. The van der Waals surface area contributed by atoms with Gasteiger partial charge in [0.2, 0.25) is 0 Å². The summed E-state index contributed by atoms with van der Waals surface area (Å²) in [4.78, 5) is 0.284. The van der Waals surface area contributed by atoms with E-state index in [0.29, 0.717) is 0 Å². The lowest BCUT2D eigenvalue weighted by Crippen LogP contribution is -2.10. The molecule has 10 aromatic carbocycles. The summed E-state index contributed by atoms with van der Waals surface area (Å²) in [5, 5.41) is -4.55. The smallest absolute Gasteiger partial charge is 0.145 e. The molecule has 58 heavy (non-hydrogen) atoms. The van der Waals surface area contributed by atoms with E-state index in [0.717, 1.165) is 0 Å². The van der Waals surface area contributed by atoms with Crippen molar-refractivity contribution in [3.8, 4) is 44.5 Å². The average Bonchev–Trinajstić information content (AvgIpc) is 1.67. The zero-order valence-corrected chi connectivity index (χ0v) is 28.9. The minimum absolute atomic E-state index is 0.284. The van der Waals surface area contributed by atoms with Crippen molar-refractivity contribution in [3.63, 3.8) is 0 Å². The van der Waals surface area contributed by atoms with Crippen LogP contribution in [0.15, 0.2) is 228 Å². The van der Waals surface area contributed by atoms with E-state index in [1.807, 2.05) is 0 Å². The quantitative estimate of drug-likeness (QED) is 0.150. The molecule has 0 atom stereocenters. The fraction of sp³-hybridized carbons (Fsp3) is 0. The van der Waals surface area contributed by atoms with Crippen LogP contribution in [-0.4, -0.2) is 0 Å². The van der Waals surface area contributed by atoms with Crippen LogP contribution in [0.4, 0.5) is 17.1 Å². The Bertz CT molecular complexity index is 5350. The minimum Gasteiger partial charge on any atom is -0.455 e. The van der Waals surface area contributed by atoms with Gasteiger partial charge in [0, 0.05) is 22.3 Å². The molecule has 0 fully saturated rings. The first-order valence-electron chi connectivity index (χ1n) is 35.3. The number of hydrogen-bond donors (Lipinski definition) is 0. The van der Waals surface area contributed by atoms with Crippen molar-refractivity contribution in [3.05, 3.63) is 224 Å². The van der Waals surface area contributed by atoms with Crippen LogP contribution in [0.5, 0.6) is 0 Å². The normalized spacial score (nSPS) is 20.4. The van der Waals surface area contributed by atoms with Gasteiger partial charge in [-0.15, -0.1) is 0 Å². The Morgan fingerprint density at radius 1 is 0.345 bits per heavy atom. The molecule has 0 saturated carbocycles. The molecule has 0 aliphatic heterocycles. The first-order chi connectivity index (χ1) is 44.2. The van der Waals surface area contributed by atoms with Crippen molar-refractivity contribution in [1.82, 2.24) is 0 Å². The van der Waals surface area contributed by atoms with Crippen molar-refractivity contribution in [2.45, 2.75) is 0 Å². The van der Waals surface area contributed by atoms with Gasteiger partial charge in [-0.2, -0.15) is 0 Å². The van der Waals surface area contributed by atoms with Gasteiger partial charge in [-0.3, -0.25) is 0 Å². The van der Waals surface area contributed by atoms with E-state index in [1.165, 1.54) is 0 Å².